The first-order chi connectivity index (χ1) is 5.47. The van der Waals surface area contributed by atoms with Gasteiger partial charge in [0.1, 0.15) is 0 Å². The predicted molar refractivity (Wildman–Crippen MR) is 44.6 cm³/mol. The molecular formula is C9H17NO. The van der Waals surface area contributed by atoms with Crippen molar-refractivity contribution in [3.05, 3.63) is 0 Å². The Morgan fingerprint density at radius 3 is 3.00 bits per heavy atom. The zero-order chi connectivity index (χ0) is 7.52. The Morgan fingerprint density at radius 1 is 1.09 bits per heavy atom. The molecule has 1 aliphatic heterocycles. The Hall–Kier alpha value is -0.0800. The van der Waals surface area contributed by atoms with Crippen LogP contribution in [0.25, 0.3) is 0 Å². The van der Waals surface area contributed by atoms with Crippen LogP contribution in [0.4, 0.5) is 0 Å². The van der Waals surface area contributed by atoms with Crippen LogP contribution in [-0.4, -0.2) is 25.3 Å². The van der Waals surface area contributed by atoms with Crippen molar-refractivity contribution in [2.45, 2.75) is 44.2 Å². The van der Waals surface area contributed by atoms with E-state index in [9.17, 15) is 0 Å². The molecule has 2 atom stereocenters. The minimum absolute atomic E-state index is 0.534. The molecule has 0 aromatic rings. The van der Waals surface area contributed by atoms with Crippen LogP contribution < -0.4 is 5.32 Å². The topological polar surface area (TPSA) is 21.3 Å². The van der Waals surface area contributed by atoms with Crippen molar-refractivity contribution >= 4 is 0 Å². The molecule has 0 bridgehead atoms. The first-order valence-electron chi connectivity index (χ1n) is 4.82. The third-order valence-corrected chi connectivity index (χ3v) is 2.76. The van der Waals surface area contributed by atoms with Gasteiger partial charge >= 0.3 is 0 Å². The van der Waals surface area contributed by atoms with Gasteiger partial charge in [-0.1, -0.05) is 12.8 Å². The summed E-state index contributed by atoms with van der Waals surface area (Å²) < 4.78 is 5.74. The molecule has 2 heteroatoms. The van der Waals surface area contributed by atoms with E-state index in [1.807, 2.05) is 0 Å². The maximum atomic E-state index is 5.74. The summed E-state index contributed by atoms with van der Waals surface area (Å²) in [6, 6.07) is 0.672. The number of hydrogen-bond donors (Lipinski definition) is 1. The largest absolute Gasteiger partial charge is 0.377 e. The normalized spacial score (nSPS) is 39.3. The number of nitrogens with one attached hydrogen (secondary N) is 1. The summed E-state index contributed by atoms with van der Waals surface area (Å²) in [5, 5.41) is 3.56. The molecule has 1 saturated carbocycles. The van der Waals surface area contributed by atoms with Crippen LogP contribution >= 0.6 is 0 Å². The van der Waals surface area contributed by atoms with E-state index in [0.29, 0.717) is 12.1 Å². The molecule has 0 aromatic carbocycles. The van der Waals surface area contributed by atoms with Crippen molar-refractivity contribution < 1.29 is 4.74 Å². The highest BCUT2D eigenvalue weighted by molar-refractivity contribution is 4.83. The van der Waals surface area contributed by atoms with E-state index in [4.69, 9.17) is 4.74 Å². The monoisotopic (exact) mass is 155 g/mol. The van der Waals surface area contributed by atoms with Gasteiger partial charge in [-0.25, -0.2) is 0 Å². The van der Waals surface area contributed by atoms with Gasteiger partial charge in [0, 0.05) is 12.6 Å². The number of rotatable bonds is 0. The average molecular weight is 155 g/mol. The van der Waals surface area contributed by atoms with E-state index < -0.39 is 0 Å². The summed E-state index contributed by atoms with van der Waals surface area (Å²) in [5.74, 6) is 0. The molecule has 1 N–H and O–H groups in total. The van der Waals surface area contributed by atoms with E-state index in [-0.39, 0.29) is 0 Å². The van der Waals surface area contributed by atoms with Gasteiger partial charge in [0.25, 0.3) is 0 Å². The number of fused-ring (bicyclic) bond motifs is 1. The van der Waals surface area contributed by atoms with E-state index in [0.717, 1.165) is 13.2 Å². The lowest BCUT2D eigenvalue weighted by Crippen LogP contribution is -2.41. The molecule has 0 amide bonds. The van der Waals surface area contributed by atoms with E-state index in [1.165, 1.54) is 32.1 Å². The quantitative estimate of drug-likeness (QED) is 0.569. The molecule has 2 fully saturated rings. The van der Waals surface area contributed by atoms with E-state index >= 15 is 0 Å². The van der Waals surface area contributed by atoms with Crippen molar-refractivity contribution in [1.82, 2.24) is 5.32 Å². The van der Waals surface area contributed by atoms with E-state index in [2.05, 4.69) is 5.32 Å². The van der Waals surface area contributed by atoms with Gasteiger partial charge in [-0.3, -0.25) is 0 Å². The second-order valence-electron chi connectivity index (χ2n) is 3.61. The highest BCUT2D eigenvalue weighted by atomic mass is 16.5. The van der Waals surface area contributed by atoms with Gasteiger partial charge in [0.05, 0.1) is 6.10 Å². The fourth-order valence-electron chi connectivity index (χ4n) is 2.12. The van der Waals surface area contributed by atoms with Gasteiger partial charge < -0.3 is 10.1 Å². The van der Waals surface area contributed by atoms with Crippen LogP contribution in [0.15, 0.2) is 0 Å². The summed E-state index contributed by atoms with van der Waals surface area (Å²) in [4.78, 5) is 0. The molecule has 1 aliphatic carbocycles. The molecule has 2 nitrogen and oxygen atoms in total. The zero-order valence-electron chi connectivity index (χ0n) is 7.01. The van der Waals surface area contributed by atoms with Crippen LogP contribution in [0.5, 0.6) is 0 Å². The average Bonchev–Trinajstić information content (AvgIpc) is 2.28. The second-order valence-corrected chi connectivity index (χ2v) is 3.61. The molecule has 0 radical (unpaired) electrons. The Balaban J connectivity index is 1.93. The fraction of sp³-hybridized carbons (Fsp3) is 1.00. The lowest BCUT2D eigenvalue weighted by molar-refractivity contribution is 0.0215. The van der Waals surface area contributed by atoms with Crippen molar-refractivity contribution in [2.24, 2.45) is 0 Å². The van der Waals surface area contributed by atoms with Gasteiger partial charge in [0.15, 0.2) is 0 Å². The Kier molecular flexibility index (Phi) is 2.44. The van der Waals surface area contributed by atoms with Crippen LogP contribution in [0.2, 0.25) is 0 Å². The van der Waals surface area contributed by atoms with Crippen LogP contribution in [0, 0.1) is 0 Å². The van der Waals surface area contributed by atoms with Crippen molar-refractivity contribution in [3.8, 4) is 0 Å². The molecule has 2 aliphatic rings. The lowest BCUT2D eigenvalue weighted by Gasteiger charge is -2.29. The molecule has 64 valence electrons. The molecule has 0 unspecified atom stereocenters. The highest BCUT2D eigenvalue weighted by Crippen LogP contribution is 2.22. The lowest BCUT2D eigenvalue weighted by atomic mass is 9.92. The van der Waals surface area contributed by atoms with Crippen molar-refractivity contribution in [1.29, 1.82) is 0 Å². The van der Waals surface area contributed by atoms with Crippen molar-refractivity contribution in [3.63, 3.8) is 0 Å². The fourth-order valence-corrected chi connectivity index (χ4v) is 2.12. The molecule has 1 saturated heterocycles. The molecule has 0 spiro atoms. The third kappa shape index (κ3) is 1.74. The smallest absolute Gasteiger partial charge is 0.0728 e. The summed E-state index contributed by atoms with van der Waals surface area (Å²) in [6.07, 6.45) is 7.07. The first kappa shape index (κ1) is 7.56. The second kappa shape index (κ2) is 3.55. The maximum Gasteiger partial charge on any atom is 0.0728 e. The summed E-state index contributed by atoms with van der Waals surface area (Å²) in [6.45, 7) is 2.12. The zero-order valence-corrected chi connectivity index (χ0v) is 7.01. The summed E-state index contributed by atoms with van der Waals surface area (Å²) in [5.41, 5.74) is 0. The van der Waals surface area contributed by atoms with E-state index in [1.54, 1.807) is 0 Å². The van der Waals surface area contributed by atoms with Gasteiger partial charge in [-0.2, -0.15) is 0 Å². The van der Waals surface area contributed by atoms with Gasteiger partial charge in [-0.05, 0) is 25.8 Å². The van der Waals surface area contributed by atoms with Crippen LogP contribution in [0.3, 0.4) is 0 Å². The maximum absolute atomic E-state index is 5.74. The van der Waals surface area contributed by atoms with Gasteiger partial charge in [0.2, 0.25) is 0 Å². The third-order valence-electron chi connectivity index (χ3n) is 2.76. The molecule has 11 heavy (non-hydrogen) atoms. The minimum Gasteiger partial charge on any atom is -0.377 e. The Bertz CT molecular complexity index is 113. The Morgan fingerprint density at radius 2 is 2.00 bits per heavy atom. The molecule has 0 aromatic heterocycles. The number of hydrogen-bond acceptors (Lipinski definition) is 2. The van der Waals surface area contributed by atoms with Crippen LogP contribution in [-0.2, 0) is 4.74 Å². The molecule has 1 heterocycles. The summed E-state index contributed by atoms with van der Waals surface area (Å²) >= 11 is 0. The Labute approximate surface area is 68.3 Å². The molecule has 2 rings (SSSR count). The van der Waals surface area contributed by atoms with Gasteiger partial charge in [-0.15, -0.1) is 0 Å². The minimum atomic E-state index is 0.534. The summed E-state index contributed by atoms with van der Waals surface area (Å²) in [7, 11) is 0. The van der Waals surface area contributed by atoms with Crippen LogP contribution in [0.1, 0.15) is 32.1 Å². The standard InChI is InChI=1S/C9H17NO/c1-2-5-9-8(4-1)10-6-3-7-11-9/h8-10H,1-7H2/t8-,9-/m0/s1. The molecular weight excluding hydrogens is 138 g/mol. The predicted octanol–water partition coefficient (Wildman–Crippen LogP) is 1.31. The van der Waals surface area contributed by atoms with Crippen molar-refractivity contribution in [2.75, 3.05) is 13.2 Å². The number of ether oxygens (including phenoxy) is 1. The SMILES string of the molecule is C1CN[C@H]2CCCC[C@@H]2OC1. The highest BCUT2D eigenvalue weighted by Gasteiger charge is 2.26. The first-order valence-corrected chi connectivity index (χ1v) is 4.82.